The average Bonchev–Trinajstić information content (AvgIpc) is 2.64. The van der Waals surface area contributed by atoms with Crippen molar-refractivity contribution in [2.45, 2.75) is 24.6 Å². The Bertz CT molecular complexity index is 423. The lowest BCUT2D eigenvalue weighted by atomic mass is 9.88. The van der Waals surface area contributed by atoms with Crippen LogP contribution in [0.25, 0.3) is 0 Å². The number of halogens is 2. The van der Waals surface area contributed by atoms with Gasteiger partial charge < -0.3 is 9.47 Å². The summed E-state index contributed by atoms with van der Waals surface area (Å²) < 4.78 is 25.9. The lowest BCUT2D eigenvalue weighted by Gasteiger charge is -2.35. The third-order valence-corrected chi connectivity index (χ3v) is 4.11. The van der Waals surface area contributed by atoms with Gasteiger partial charge in [0.25, 0.3) is 0 Å². The SMILES string of the molecule is FC1COCCC12Cc1c(Br)cccc1O2. The van der Waals surface area contributed by atoms with Crippen LogP contribution in [0.2, 0.25) is 0 Å². The van der Waals surface area contributed by atoms with Crippen molar-refractivity contribution in [1.29, 1.82) is 0 Å². The molecule has 2 atom stereocenters. The zero-order valence-electron chi connectivity index (χ0n) is 8.71. The Morgan fingerprint density at radius 2 is 2.31 bits per heavy atom. The highest BCUT2D eigenvalue weighted by Gasteiger charge is 2.49. The van der Waals surface area contributed by atoms with Gasteiger partial charge in [0.1, 0.15) is 11.4 Å². The molecule has 2 heterocycles. The minimum Gasteiger partial charge on any atom is -0.483 e. The van der Waals surface area contributed by atoms with Crippen LogP contribution in [0.3, 0.4) is 0 Å². The van der Waals surface area contributed by atoms with Crippen molar-refractivity contribution in [3.63, 3.8) is 0 Å². The van der Waals surface area contributed by atoms with Crippen LogP contribution in [-0.2, 0) is 11.2 Å². The van der Waals surface area contributed by atoms with Crippen LogP contribution in [0.5, 0.6) is 5.75 Å². The van der Waals surface area contributed by atoms with Gasteiger partial charge in [-0.15, -0.1) is 0 Å². The molecule has 1 aromatic rings. The van der Waals surface area contributed by atoms with Crippen molar-refractivity contribution in [3.05, 3.63) is 28.2 Å². The predicted octanol–water partition coefficient (Wildman–Crippen LogP) is 2.88. The van der Waals surface area contributed by atoms with Crippen molar-refractivity contribution in [3.8, 4) is 5.75 Å². The van der Waals surface area contributed by atoms with Crippen LogP contribution >= 0.6 is 15.9 Å². The number of hydrogen-bond acceptors (Lipinski definition) is 2. The third-order valence-electron chi connectivity index (χ3n) is 3.37. The zero-order valence-corrected chi connectivity index (χ0v) is 10.3. The van der Waals surface area contributed by atoms with E-state index >= 15 is 0 Å². The Balaban J connectivity index is 1.97. The van der Waals surface area contributed by atoms with Gasteiger partial charge in [-0.25, -0.2) is 4.39 Å². The van der Waals surface area contributed by atoms with Gasteiger partial charge >= 0.3 is 0 Å². The molecule has 0 aromatic heterocycles. The molecule has 0 radical (unpaired) electrons. The summed E-state index contributed by atoms with van der Waals surface area (Å²) in [7, 11) is 0. The number of alkyl halides is 1. The Morgan fingerprint density at radius 1 is 1.44 bits per heavy atom. The van der Waals surface area contributed by atoms with Gasteiger partial charge in [-0.05, 0) is 12.1 Å². The normalized spacial score (nSPS) is 32.5. The third kappa shape index (κ3) is 1.47. The minimum absolute atomic E-state index is 0.144. The molecule has 0 bridgehead atoms. The fourth-order valence-electron chi connectivity index (χ4n) is 2.41. The number of rotatable bonds is 0. The molecular weight excluding hydrogens is 275 g/mol. The summed E-state index contributed by atoms with van der Waals surface area (Å²) in [4.78, 5) is 0. The van der Waals surface area contributed by atoms with Crippen molar-refractivity contribution in [2.24, 2.45) is 0 Å². The van der Waals surface area contributed by atoms with Crippen molar-refractivity contribution >= 4 is 15.9 Å². The monoisotopic (exact) mass is 286 g/mol. The number of hydrogen-bond donors (Lipinski definition) is 0. The molecule has 3 rings (SSSR count). The summed E-state index contributed by atoms with van der Waals surface area (Å²) in [5.74, 6) is 0.805. The summed E-state index contributed by atoms with van der Waals surface area (Å²) >= 11 is 3.48. The summed E-state index contributed by atoms with van der Waals surface area (Å²) in [6.45, 7) is 0.720. The molecule has 1 spiro atoms. The predicted molar refractivity (Wildman–Crippen MR) is 61.5 cm³/mol. The first kappa shape index (κ1) is 10.5. The Hall–Kier alpha value is -0.610. The molecule has 2 aliphatic rings. The largest absolute Gasteiger partial charge is 0.483 e. The van der Waals surface area contributed by atoms with Crippen molar-refractivity contribution < 1.29 is 13.9 Å². The molecule has 4 heteroatoms. The summed E-state index contributed by atoms with van der Waals surface area (Å²) in [6, 6.07) is 5.78. The number of ether oxygens (including phenoxy) is 2. The molecule has 1 fully saturated rings. The first-order chi connectivity index (χ1) is 7.71. The molecule has 16 heavy (non-hydrogen) atoms. The van der Waals surface area contributed by atoms with E-state index in [9.17, 15) is 4.39 Å². The fourth-order valence-corrected chi connectivity index (χ4v) is 2.90. The van der Waals surface area contributed by atoms with Crippen LogP contribution in [0.4, 0.5) is 4.39 Å². The molecule has 0 aliphatic carbocycles. The van der Waals surface area contributed by atoms with E-state index in [4.69, 9.17) is 9.47 Å². The molecular formula is C12H12BrFO2. The van der Waals surface area contributed by atoms with Crippen LogP contribution in [-0.4, -0.2) is 25.0 Å². The van der Waals surface area contributed by atoms with Crippen LogP contribution < -0.4 is 4.74 Å². The van der Waals surface area contributed by atoms with E-state index in [-0.39, 0.29) is 6.61 Å². The minimum atomic E-state index is -1.04. The lowest BCUT2D eigenvalue weighted by molar-refractivity contribution is -0.0954. The fraction of sp³-hybridized carbons (Fsp3) is 0.500. The van der Waals surface area contributed by atoms with Crippen LogP contribution in [0, 0.1) is 0 Å². The van der Waals surface area contributed by atoms with Crippen molar-refractivity contribution in [1.82, 2.24) is 0 Å². The van der Waals surface area contributed by atoms with Gasteiger partial charge in [-0.3, -0.25) is 0 Å². The van der Waals surface area contributed by atoms with E-state index in [1.807, 2.05) is 18.2 Å². The Labute approximate surface area is 102 Å². The quantitative estimate of drug-likeness (QED) is 0.730. The molecule has 2 unspecified atom stereocenters. The zero-order chi connectivity index (χ0) is 11.2. The number of fused-ring (bicyclic) bond motifs is 1. The second-order valence-corrected chi connectivity index (χ2v) is 5.21. The second kappa shape index (κ2) is 3.70. The number of benzene rings is 1. The van der Waals surface area contributed by atoms with Gasteiger partial charge in [-0.1, -0.05) is 22.0 Å². The van der Waals surface area contributed by atoms with Gasteiger partial charge in [0.05, 0.1) is 13.2 Å². The first-order valence-electron chi connectivity index (χ1n) is 5.39. The highest BCUT2D eigenvalue weighted by molar-refractivity contribution is 9.10. The first-order valence-corrected chi connectivity index (χ1v) is 6.19. The second-order valence-electron chi connectivity index (χ2n) is 4.35. The smallest absolute Gasteiger partial charge is 0.163 e. The Morgan fingerprint density at radius 3 is 3.06 bits per heavy atom. The van der Waals surface area contributed by atoms with E-state index in [2.05, 4.69) is 15.9 Å². The van der Waals surface area contributed by atoms with E-state index < -0.39 is 11.8 Å². The van der Waals surface area contributed by atoms with E-state index in [0.29, 0.717) is 19.4 Å². The maximum Gasteiger partial charge on any atom is 0.163 e. The average molecular weight is 287 g/mol. The van der Waals surface area contributed by atoms with Gasteiger partial charge in [0.2, 0.25) is 0 Å². The summed E-state index contributed by atoms with van der Waals surface area (Å²) in [6.07, 6.45) is 0.212. The maximum absolute atomic E-state index is 14.0. The molecule has 86 valence electrons. The standard InChI is InChI=1S/C12H12BrFO2/c13-9-2-1-3-10-8(9)6-12(16-10)4-5-15-7-11(12)14/h1-3,11H,4-7H2. The molecule has 0 amide bonds. The maximum atomic E-state index is 14.0. The van der Waals surface area contributed by atoms with Crippen molar-refractivity contribution in [2.75, 3.05) is 13.2 Å². The van der Waals surface area contributed by atoms with Gasteiger partial charge in [-0.2, -0.15) is 0 Å². The highest BCUT2D eigenvalue weighted by Crippen LogP contribution is 2.44. The van der Waals surface area contributed by atoms with E-state index in [1.165, 1.54) is 0 Å². The summed E-state index contributed by atoms with van der Waals surface area (Å²) in [5.41, 5.74) is 0.386. The molecule has 2 aliphatic heterocycles. The van der Waals surface area contributed by atoms with Crippen LogP contribution in [0.1, 0.15) is 12.0 Å². The van der Waals surface area contributed by atoms with Gasteiger partial charge in [0, 0.05) is 22.9 Å². The van der Waals surface area contributed by atoms with Crippen LogP contribution in [0.15, 0.2) is 22.7 Å². The topological polar surface area (TPSA) is 18.5 Å². The van der Waals surface area contributed by atoms with E-state index in [0.717, 1.165) is 15.8 Å². The molecule has 0 N–H and O–H groups in total. The summed E-state index contributed by atoms with van der Waals surface area (Å²) in [5, 5.41) is 0. The molecule has 2 nitrogen and oxygen atoms in total. The molecule has 0 saturated carbocycles. The lowest BCUT2D eigenvalue weighted by Crippen LogP contribution is -2.50. The Kier molecular flexibility index (Phi) is 2.44. The van der Waals surface area contributed by atoms with E-state index in [1.54, 1.807) is 0 Å². The van der Waals surface area contributed by atoms with Gasteiger partial charge in [0.15, 0.2) is 6.17 Å². The molecule has 1 aromatic carbocycles. The highest BCUT2D eigenvalue weighted by atomic mass is 79.9. The molecule has 1 saturated heterocycles.